The van der Waals surface area contributed by atoms with Crippen molar-refractivity contribution in [2.75, 3.05) is 32.7 Å². The van der Waals surface area contributed by atoms with Crippen LogP contribution in [0.4, 0.5) is 0 Å². The van der Waals surface area contributed by atoms with Crippen molar-refractivity contribution < 1.29 is 0 Å². The molecule has 1 aliphatic heterocycles. The smallest absolute Gasteiger partial charge is 0.0508 e. The van der Waals surface area contributed by atoms with Crippen molar-refractivity contribution in [2.24, 2.45) is 5.73 Å². The minimum Gasteiger partial charge on any atom is -0.326 e. The number of nitrogens with two attached hydrogens (primary N) is 1. The molecule has 4 heteroatoms. The number of piperazine rings is 1. The van der Waals surface area contributed by atoms with E-state index in [4.69, 9.17) is 5.73 Å². The van der Waals surface area contributed by atoms with Crippen molar-refractivity contribution in [1.29, 1.82) is 0 Å². The molecule has 0 aliphatic carbocycles. The molecule has 1 aromatic rings. The summed E-state index contributed by atoms with van der Waals surface area (Å²) in [6, 6.07) is 2.88. The van der Waals surface area contributed by atoms with Crippen LogP contribution in [-0.2, 0) is 0 Å². The molecule has 2 rings (SSSR count). The molecule has 102 valence electrons. The fourth-order valence-corrected chi connectivity index (χ4v) is 3.44. The van der Waals surface area contributed by atoms with E-state index in [0.717, 1.165) is 26.1 Å². The Hall–Kier alpha value is -0.420. The molecule has 0 amide bonds. The molecule has 2 atom stereocenters. The highest BCUT2D eigenvalue weighted by atomic mass is 32.1. The SMILES string of the molecule is CCC(N)C(c1ccsc1)N1CCN(CC)CC1. The van der Waals surface area contributed by atoms with E-state index in [1.807, 2.05) is 0 Å². The van der Waals surface area contributed by atoms with Gasteiger partial charge in [0.25, 0.3) is 0 Å². The second-order valence-corrected chi connectivity index (χ2v) is 5.82. The molecule has 0 saturated carbocycles. The van der Waals surface area contributed by atoms with E-state index in [1.54, 1.807) is 11.3 Å². The fourth-order valence-electron chi connectivity index (χ4n) is 2.75. The second-order valence-electron chi connectivity index (χ2n) is 5.04. The van der Waals surface area contributed by atoms with E-state index in [9.17, 15) is 0 Å². The lowest BCUT2D eigenvalue weighted by atomic mass is 9.98. The normalized spacial score (nSPS) is 21.9. The van der Waals surface area contributed by atoms with Gasteiger partial charge in [-0.05, 0) is 35.4 Å². The number of hydrogen-bond donors (Lipinski definition) is 1. The molecule has 2 N–H and O–H groups in total. The highest BCUT2D eigenvalue weighted by Gasteiger charge is 2.28. The molecule has 2 unspecified atom stereocenters. The van der Waals surface area contributed by atoms with E-state index in [1.165, 1.54) is 18.7 Å². The van der Waals surface area contributed by atoms with Gasteiger partial charge in [0.15, 0.2) is 0 Å². The van der Waals surface area contributed by atoms with Gasteiger partial charge in [0.2, 0.25) is 0 Å². The van der Waals surface area contributed by atoms with Crippen molar-refractivity contribution in [3.8, 4) is 0 Å². The lowest BCUT2D eigenvalue weighted by Crippen LogP contribution is -2.51. The maximum atomic E-state index is 6.36. The van der Waals surface area contributed by atoms with E-state index in [2.05, 4.69) is 40.5 Å². The molecule has 1 fully saturated rings. The quantitative estimate of drug-likeness (QED) is 0.887. The van der Waals surface area contributed by atoms with Crippen LogP contribution in [0.2, 0.25) is 0 Å². The van der Waals surface area contributed by atoms with Crippen molar-refractivity contribution in [3.05, 3.63) is 22.4 Å². The molecule has 0 bridgehead atoms. The third-order valence-electron chi connectivity index (χ3n) is 4.01. The van der Waals surface area contributed by atoms with Gasteiger partial charge in [-0.2, -0.15) is 11.3 Å². The van der Waals surface area contributed by atoms with Crippen molar-refractivity contribution >= 4 is 11.3 Å². The first-order valence-electron chi connectivity index (χ1n) is 7.00. The molecule has 0 spiro atoms. The van der Waals surface area contributed by atoms with Gasteiger partial charge < -0.3 is 10.6 Å². The number of nitrogens with zero attached hydrogens (tertiary/aromatic N) is 2. The van der Waals surface area contributed by atoms with Gasteiger partial charge in [-0.3, -0.25) is 4.90 Å². The standard InChI is InChI=1S/C14H25N3S/c1-3-13(15)14(12-5-10-18-11-12)17-8-6-16(4-2)7-9-17/h5,10-11,13-14H,3-4,6-9,15H2,1-2H3. The molecule has 0 radical (unpaired) electrons. The van der Waals surface area contributed by atoms with Crippen LogP contribution < -0.4 is 5.73 Å². The maximum Gasteiger partial charge on any atom is 0.0508 e. The van der Waals surface area contributed by atoms with Crippen LogP contribution in [0.1, 0.15) is 31.9 Å². The van der Waals surface area contributed by atoms with Crippen LogP contribution in [0.15, 0.2) is 16.8 Å². The zero-order valence-electron chi connectivity index (χ0n) is 11.5. The Morgan fingerprint density at radius 2 is 2.00 bits per heavy atom. The van der Waals surface area contributed by atoms with E-state index in [-0.39, 0.29) is 6.04 Å². The van der Waals surface area contributed by atoms with E-state index in [0.29, 0.717) is 6.04 Å². The average molecular weight is 267 g/mol. The van der Waals surface area contributed by atoms with Crippen LogP contribution in [-0.4, -0.2) is 48.6 Å². The first-order valence-corrected chi connectivity index (χ1v) is 7.94. The molecule has 0 aromatic carbocycles. The van der Waals surface area contributed by atoms with Crippen molar-refractivity contribution in [1.82, 2.24) is 9.80 Å². The summed E-state index contributed by atoms with van der Waals surface area (Å²) in [5, 5.41) is 4.42. The predicted octanol–water partition coefficient (Wildman–Crippen LogP) is 2.16. The Bertz CT molecular complexity index is 331. The van der Waals surface area contributed by atoms with Gasteiger partial charge in [0, 0.05) is 32.2 Å². The molecule has 2 heterocycles. The van der Waals surface area contributed by atoms with Crippen molar-refractivity contribution in [2.45, 2.75) is 32.4 Å². The lowest BCUT2D eigenvalue weighted by molar-refractivity contribution is 0.0867. The molecule has 3 nitrogen and oxygen atoms in total. The summed E-state index contributed by atoms with van der Waals surface area (Å²) < 4.78 is 0. The molecular formula is C14H25N3S. The maximum absolute atomic E-state index is 6.36. The Labute approximate surface area is 115 Å². The van der Waals surface area contributed by atoms with Gasteiger partial charge in [-0.25, -0.2) is 0 Å². The summed E-state index contributed by atoms with van der Waals surface area (Å²) in [4.78, 5) is 5.08. The van der Waals surface area contributed by atoms with Gasteiger partial charge >= 0.3 is 0 Å². The third-order valence-corrected chi connectivity index (χ3v) is 4.71. The summed E-state index contributed by atoms with van der Waals surface area (Å²) in [7, 11) is 0. The summed E-state index contributed by atoms with van der Waals surface area (Å²) in [5.74, 6) is 0. The highest BCUT2D eigenvalue weighted by Crippen LogP contribution is 2.27. The number of likely N-dealkylation sites (N-methyl/N-ethyl adjacent to an activating group) is 1. The van der Waals surface area contributed by atoms with Gasteiger partial charge in [0.1, 0.15) is 0 Å². The van der Waals surface area contributed by atoms with Crippen LogP contribution in [0.25, 0.3) is 0 Å². The Kier molecular flexibility index (Phi) is 5.18. The van der Waals surface area contributed by atoms with Gasteiger partial charge in [-0.1, -0.05) is 13.8 Å². The predicted molar refractivity (Wildman–Crippen MR) is 79.0 cm³/mol. The topological polar surface area (TPSA) is 32.5 Å². The Morgan fingerprint density at radius 3 is 2.50 bits per heavy atom. The van der Waals surface area contributed by atoms with Crippen LogP contribution in [0.5, 0.6) is 0 Å². The fraction of sp³-hybridized carbons (Fsp3) is 0.714. The first kappa shape index (κ1) is 14.0. The minimum atomic E-state index is 0.243. The average Bonchev–Trinajstić information content (AvgIpc) is 2.93. The second kappa shape index (κ2) is 6.66. The monoisotopic (exact) mass is 267 g/mol. The lowest BCUT2D eigenvalue weighted by Gasteiger charge is -2.41. The minimum absolute atomic E-state index is 0.243. The third kappa shape index (κ3) is 3.12. The summed E-state index contributed by atoms with van der Waals surface area (Å²) in [6.07, 6.45) is 1.04. The van der Waals surface area contributed by atoms with E-state index < -0.39 is 0 Å². The largest absolute Gasteiger partial charge is 0.326 e. The Morgan fingerprint density at radius 1 is 1.28 bits per heavy atom. The molecule has 1 aromatic heterocycles. The summed E-state index contributed by atoms with van der Waals surface area (Å²) in [6.45, 7) is 10.2. The molecular weight excluding hydrogens is 242 g/mol. The van der Waals surface area contributed by atoms with Crippen molar-refractivity contribution in [3.63, 3.8) is 0 Å². The highest BCUT2D eigenvalue weighted by molar-refractivity contribution is 7.07. The first-order chi connectivity index (χ1) is 8.76. The van der Waals surface area contributed by atoms with Crippen LogP contribution in [0.3, 0.4) is 0 Å². The summed E-state index contributed by atoms with van der Waals surface area (Å²) in [5.41, 5.74) is 7.76. The van der Waals surface area contributed by atoms with Gasteiger partial charge in [0.05, 0.1) is 6.04 Å². The molecule has 1 saturated heterocycles. The number of hydrogen-bond acceptors (Lipinski definition) is 4. The number of rotatable bonds is 5. The van der Waals surface area contributed by atoms with Gasteiger partial charge in [-0.15, -0.1) is 0 Å². The zero-order valence-corrected chi connectivity index (χ0v) is 12.3. The molecule has 1 aliphatic rings. The Balaban J connectivity index is 2.06. The van der Waals surface area contributed by atoms with Crippen LogP contribution >= 0.6 is 11.3 Å². The van der Waals surface area contributed by atoms with E-state index >= 15 is 0 Å². The zero-order chi connectivity index (χ0) is 13.0. The summed E-state index contributed by atoms with van der Waals surface area (Å²) >= 11 is 1.77. The number of thiophene rings is 1. The molecule has 18 heavy (non-hydrogen) atoms. The van der Waals surface area contributed by atoms with Crippen LogP contribution in [0, 0.1) is 0 Å².